The van der Waals surface area contributed by atoms with Crippen LogP contribution in [-0.4, -0.2) is 15.1 Å². The molecule has 0 spiro atoms. The number of fused-ring (bicyclic) bond motifs is 1. The van der Waals surface area contributed by atoms with Crippen LogP contribution in [0.15, 0.2) is 21.7 Å². The molecule has 0 radical (unpaired) electrons. The molecule has 0 saturated heterocycles. The zero-order valence-corrected chi connectivity index (χ0v) is 11.2. The summed E-state index contributed by atoms with van der Waals surface area (Å²) in [6.45, 7) is 0. The summed E-state index contributed by atoms with van der Waals surface area (Å²) in [5.41, 5.74) is -0.182. The smallest absolute Gasteiger partial charge is 0.260 e. The first-order valence-corrected chi connectivity index (χ1v) is 4.82. The Morgan fingerprint density at radius 3 is 2.87 bits per heavy atom. The minimum Gasteiger partial charge on any atom is -0.506 e. The van der Waals surface area contributed by atoms with Crippen LogP contribution in [0.1, 0.15) is 0 Å². The molecule has 0 aliphatic rings. The van der Waals surface area contributed by atoms with Gasteiger partial charge in [-0.1, -0.05) is 11.6 Å². The van der Waals surface area contributed by atoms with Crippen LogP contribution < -0.4 is 5.56 Å². The molecule has 7 heteroatoms. The van der Waals surface area contributed by atoms with Crippen molar-refractivity contribution in [1.82, 2.24) is 9.97 Å². The predicted octanol–water partition coefficient (Wildman–Crippen LogP) is 2.62. The van der Waals surface area contributed by atoms with Crippen molar-refractivity contribution in [2.75, 3.05) is 0 Å². The Morgan fingerprint density at radius 2 is 2.20 bits per heavy atom. The lowest BCUT2D eigenvalue weighted by Gasteiger charge is -2.02. The summed E-state index contributed by atoms with van der Waals surface area (Å²) >= 11 is 9.01. The fourth-order valence-corrected chi connectivity index (χ4v) is 1.81. The van der Waals surface area contributed by atoms with Gasteiger partial charge in [0, 0.05) is 4.47 Å². The van der Waals surface area contributed by atoms with Gasteiger partial charge in [0.1, 0.15) is 11.3 Å². The van der Waals surface area contributed by atoms with Crippen molar-refractivity contribution in [3.63, 3.8) is 0 Å². The Bertz CT molecular complexity index is 570. The van der Waals surface area contributed by atoms with Gasteiger partial charge in [0.05, 0.1) is 16.7 Å². The number of H-pyrrole nitrogens is 1. The lowest BCUT2D eigenvalue weighted by molar-refractivity contribution is 0.480. The summed E-state index contributed by atoms with van der Waals surface area (Å²) < 4.78 is 0.461. The van der Waals surface area contributed by atoms with E-state index in [0.29, 0.717) is 4.47 Å². The molecule has 15 heavy (non-hydrogen) atoms. The Hall–Kier alpha value is -0.590. The van der Waals surface area contributed by atoms with Crippen LogP contribution in [0, 0.1) is 0 Å². The molecule has 2 N–H and O–H groups in total. The van der Waals surface area contributed by atoms with Crippen molar-refractivity contribution in [2.45, 2.75) is 0 Å². The minimum atomic E-state index is -0.378. The number of hydrogen-bond acceptors (Lipinski definition) is 3. The molecule has 1 aromatic carbocycles. The van der Waals surface area contributed by atoms with Crippen LogP contribution in [0.3, 0.4) is 0 Å². The van der Waals surface area contributed by atoms with Gasteiger partial charge in [-0.15, -0.1) is 17.0 Å². The van der Waals surface area contributed by atoms with Gasteiger partial charge in [-0.25, -0.2) is 4.98 Å². The second-order valence-electron chi connectivity index (χ2n) is 2.65. The van der Waals surface area contributed by atoms with E-state index in [2.05, 4.69) is 25.9 Å². The van der Waals surface area contributed by atoms with Gasteiger partial charge in [0.15, 0.2) is 0 Å². The lowest BCUT2D eigenvalue weighted by atomic mass is 10.2. The van der Waals surface area contributed by atoms with Crippen molar-refractivity contribution in [1.29, 1.82) is 0 Å². The number of halogens is 3. The fourth-order valence-electron chi connectivity index (χ4n) is 1.17. The van der Waals surface area contributed by atoms with Gasteiger partial charge < -0.3 is 10.1 Å². The van der Waals surface area contributed by atoms with Gasteiger partial charge in [0.25, 0.3) is 5.56 Å². The highest BCUT2D eigenvalue weighted by molar-refractivity contribution is 9.10. The Balaban J connectivity index is 0.00000112. The van der Waals surface area contributed by atoms with Crippen LogP contribution in [0.5, 0.6) is 5.75 Å². The highest BCUT2D eigenvalue weighted by Crippen LogP contribution is 2.33. The van der Waals surface area contributed by atoms with E-state index in [1.165, 1.54) is 12.4 Å². The highest BCUT2D eigenvalue weighted by Gasteiger charge is 2.12. The molecule has 0 atom stereocenters. The Labute approximate surface area is 108 Å². The van der Waals surface area contributed by atoms with Crippen LogP contribution in [0.2, 0.25) is 5.02 Å². The van der Waals surface area contributed by atoms with E-state index < -0.39 is 0 Å². The van der Waals surface area contributed by atoms with E-state index >= 15 is 0 Å². The first kappa shape index (κ1) is 12.5. The monoisotopic (exact) mass is 354 g/mol. The SMILES string of the molecule is Br.O=c1[nH]cnc2c(O)cc(Br)c(Cl)c12. The zero-order chi connectivity index (χ0) is 10.3. The number of phenols is 1. The second-order valence-corrected chi connectivity index (χ2v) is 3.88. The van der Waals surface area contributed by atoms with Crippen molar-refractivity contribution < 1.29 is 5.11 Å². The summed E-state index contributed by atoms with van der Waals surface area (Å²) in [7, 11) is 0. The van der Waals surface area contributed by atoms with Crippen molar-refractivity contribution in [2.24, 2.45) is 0 Å². The number of nitrogens with one attached hydrogen (secondary N) is 1. The summed E-state index contributed by atoms with van der Waals surface area (Å²) in [6.07, 6.45) is 1.22. The van der Waals surface area contributed by atoms with E-state index in [-0.39, 0.29) is 44.2 Å². The normalized spacial score (nSPS) is 10.0. The van der Waals surface area contributed by atoms with Gasteiger partial charge in [-0.3, -0.25) is 4.79 Å². The highest BCUT2D eigenvalue weighted by atomic mass is 79.9. The molecule has 0 fully saturated rings. The molecule has 0 aliphatic carbocycles. The summed E-state index contributed by atoms with van der Waals surface area (Å²) in [5.74, 6) is -0.0811. The van der Waals surface area contributed by atoms with Crippen LogP contribution in [0.25, 0.3) is 10.9 Å². The molecule has 0 bridgehead atoms. The van der Waals surface area contributed by atoms with Crippen LogP contribution in [0.4, 0.5) is 0 Å². The lowest BCUT2D eigenvalue weighted by Crippen LogP contribution is -2.06. The van der Waals surface area contributed by atoms with E-state index in [9.17, 15) is 9.90 Å². The number of phenolic OH excluding ortho intramolecular Hbond substituents is 1. The quantitative estimate of drug-likeness (QED) is 0.763. The molecule has 4 nitrogen and oxygen atoms in total. The molecule has 80 valence electrons. The van der Waals surface area contributed by atoms with Gasteiger partial charge in [-0.05, 0) is 22.0 Å². The third kappa shape index (κ3) is 2.02. The molecule has 0 amide bonds. The maximum Gasteiger partial charge on any atom is 0.260 e. The average molecular weight is 356 g/mol. The topological polar surface area (TPSA) is 66.0 Å². The number of nitrogens with zero attached hydrogens (tertiary/aromatic N) is 1. The first-order valence-electron chi connectivity index (χ1n) is 3.65. The first-order chi connectivity index (χ1) is 6.61. The van der Waals surface area contributed by atoms with E-state index in [0.717, 1.165) is 0 Å². The summed E-state index contributed by atoms with van der Waals surface area (Å²) in [5, 5.41) is 9.92. The van der Waals surface area contributed by atoms with E-state index in [4.69, 9.17) is 11.6 Å². The third-order valence-corrected chi connectivity index (χ3v) is 3.03. The number of aromatic nitrogens is 2. The van der Waals surface area contributed by atoms with Crippen molar-refractivity contribution >= 4 is 55.4 Å². The molecule has 0 aliphatic heterocycles. The zero-order valence-electron chi connectivity index (χ0n) is 7.12. The molecular formula is C8H5Br2ClN2O2. The van der Waals surface area contributed by atoms with Gasteiger partial charge in [0.2, 0.25) is 0 Å². The predicted molar refractivity (Wildman–Crippen MR) is 67.1 cm³/mol. The second kappa shape index (κ2) is 4.51. The molecule has 0 unspecified atom stereocenters. The number of benzene rings is 1. The van der Waals surface area contributed by atoms with Crippen LogP contribution in [-0.2, 0) is 0 Å². The van der Waals surface area contributed by atoms with Gasteiger partial charge >= 0.3 is 0 Å². The molecule has 1 heterocycles. The average Bonchev–Trinajstić information content (AvgIpc) is 2.14. The fraction of sp³-hybridized carbons (Fsp3) is 0. The van der Waals surface area contributed by atoms with Crippen LogP contribution >= 0.6 is 44.5 Å². The Morgan fingerprint density at radius 1 is 1.53 bits per heavy atom. The number of hydrogen-bond donors (Lipinski definition) is 2. The molecule has 2 rings (SSSR count). The molecular weight excluding hydrogens is 351 g/mol. The maximum atomic E-state index is 11.4. The maximum absolute atomic E-state index is 11.4. The molecule has 0 saturated carbocycles. The summed E-state index contributed by atoms with van der Waals surface area (Å²) in [6, 6.07) is 1.40. The summed E-state index contributed by atoms with van der Waals surface area (Å²) in [4.78, 5) is 17.6. The van der Waals surface area contributed by atoms with Gasteiger partial charge in [-0.2, -0.15) is 0 Å². The Kier molecular flexibility index (Phi) is 3.75. The third-order valence-electron chi connectivity index (χ3n) is 1.79. The molecule has 2 aromatic rings. The van der Waals surface area contributed by atoms with E-state index in [1.54, 1.807) is 0 Å². The molecule has 1 aromatic heterocycles. The number of aromatic hydroxyl groups is 1. The van der Waals surface area contributed by atoms with Crippen molar-refractivity contribution in [3.8, 4) is 5.75 Å². The largest absolute Gasteiger partial charge is 0.506 e. The number of aromatic amines is 1. The number of rotatable bonds is 0. The van der Waals surface area contributed by atoms with E-state index in [1.807, 2.05) is 0 Å². The minimum absolute atomic E-state index is 0. The van der Waals surface area contributed by atoms with Crippen molar-refractivity contribution in [3.05, 3.63) is 32.2 Å². The standard InChI is InChI=1S/C8H4BrClN2O2.BrH/c9-3-1-4(13)7-5(6(3)10)8(14)12-2-11-7;/h1-2,13H,(H,11,12,14);1H.